The van der Waals surface area contributed by atoms with Crippen LogP contribution in [-0.2, 0) is 4.79 Å². The number of halogens is 1. The molecule has 1 saturated heterocycles. The number of hydrogen-bond donors (Lipinski definition) is 0. The normalized spacial score (nSPS) is 16.7. The summed E-state index contributed by atoms with van der Waals surface area (Å²) >= 11 is 12.8. The largest absolute Gasteiger partial charge is 0.497 e. The van der Waals surface area contributed by atoms with E-state index in [-0.39, 0.29) is 5.91 Å². The summed E-state index contributed by atoms with van der Waals surface area (Å²) < 4.78 is 5.77. The number of methoxy groups -OCH3 is 1. The zero-order valence-electron chi connectivity index (χ0n) is 12.5. The maximum atomic E-state index is 12.3. The Labute approximate surface area is 148 Å². The van der Waals surface area contributed by atoms with Crippen LogP contribution in [0.25, 0.3) is 17.0 Å². The van der Waals surface area contributed by atoms with Crippen LogP contribution in [0.1, 0.15) is 12.6 Å². The Morgan fingerprint density at radius 3 is 2.87 bits per heavy atom. The lowest BCUT2D eigenvalue weighted by atomic mass is 10.2. The Kier molecular flexibility index (Phi) is 4.57. The Hall–Kier alpha value is -1.63. The van der Waals surface area contributed by atoms with E-state index in [0.717, 1.165) is 16.7 Å². The molecule has 0 spiro atoms. The number of carbonyl (C=O) groups excluding carboxylic acids is 1. The van der Waals surface area contributed by atoms with Gasteiger partial charge in [0.15, 0.2) is 0 Å². The molecule has 1 aromatic heterocycles. The van der Waals surface area contributed by atoms with Crippen molar-refractivity contribution in [1.82, 2.24) is 9.88 Å². The number of hydrogen-bond acceptors (Lipinski definition) is 5. The third-order valence-electron chi connectivity index (χ3n) is 3.45. The first-order valence-corrected chi connectivity index (χ1v) is 8.53. The molecule has 0 aliphatic carbocycles. The first-order chi connectivity index (χ1) is 11.0. The Balaban J connectivity index is 2.03. The van der Waals surface area contributed by atoms with Gasteiger partial charge in [-0.25, -0.2) is 4.98 Å². The van der Waals surface area contributed by atoms with E-state index in [1.165, 1.54) is 11.8 Å². The van der Waals surface area contributed by atoms with Gasteiger partial charge in [-0.3, -0.25) is 9.69 Å². The highest BCUT2D eigenvalue weighted by Crippen LogP contribution is 2.33. The number of rotatable bonds is 3. The molecule has 1 aromatic carbocycles. The average Bonchev–Trinajstić information content (AvgIpc) is 2.80. The molecule has 1 aliphatic rings. The smallest absolute Gasteiger partial charge is 0.266 e. The number of pyridine rings is 1. The Bertz CT molecular complexity index is 851. The van der Waals surface area contributed by atoms with Crippen LogP contribution < -0.4 is 4.74 Å². The Morgan fingerprint density at radius 1 is 1.43 bits per heavy atom. The molecular weight excluding hydrogens is 352 g/mol. The predicted molar refractivity (Wildman–Crippen MR) is 98.9 cm³/mol. The minimum Gasteiger partial charge on any atom is -0.497 e. The lowest BCUT2D eigenvalue weighted by molar-refractivity contribution is -0.121. The molecule has 1 amide bonds. The SMILES string of the molecule is CCN1C(=O)/C(=C\c2cc(Cl)c3cc(OC)ccc3n2)SC1=S. The molecule has 0 atom stereocenters. The maximum absolute atomic E-state index is 12.3. The molecule has 0 unspecified atom stereocenters. The number of fused-ring (bicyclic) bond motifs is 1. The van der Waals surface area contributed by atoms with Crippen molar-refractivity contribution in [3.8, 4) is 5.75 Å². The number of likely N-dealkylation sites (N-methyl/N-ethyl adjacent to an activating group) is 1. The van der Waals surface area contributed by atoms with Crippen LogP contribution in [0.2, 0.25) is 5.02 Å². The molecule has 7 heteroatoms. The van der Waals surface area contributed by atoms with Crippen molar-refractivity contribution in [1.29, 1.82) is 0 Å². The highest BCUT2D eigenvalue weighted by Gasteiger charge is 2.30. The minimum absolute atomic E-state index is 0.0877. The molecule has 1 aliphatic heterocycles. The number of aromatic nitrogens is 1. The predicted octanol–water partition coefficient (Wildman–Crippen LogP) is 4.12. The fourth-order valence-electron chi connectivity index (χ4n) is 2.29. The molecule has 2 aromatic rings. The van der Waals surface area contributed by atoms with Crippen molar-refractivity contribution < 1.29 is 9.53 Å². The first kappa shape index (κ1) is 16.2. The summed E-state index contributed by atoms with van der Waals surface area (Å²) in [4.78, 5) is 18.9. The van der Waals surface area contributed by atoms with E-state index in [1.807, 2.05) is 25.1 Å². The first-order valence-electron chi connectivity index (χ1n) is 6.93. The summed E-state index contributed by atoms with van der Waals surface area (Å²) in [5, 5.41) is 1.37. The molecule has 0 N–H and O–H groups in total. The van der Waals surface area contributed by atoms with Gasteiger partial charge in [-0.05, 0) is 37.3 Å². The van der Waals surface area contributed by atoms with E-state index in [1.54, 1.807) is 24.2 Å². The number of nitrogens with zero attached hydrogens (tertiary/aromatic N) is 2. The van der Waals surface area contributed by atoms with Gasteiger partial charge in [0.1, 0.15) is 10.1 Å². The number of thiocarbonyl (C=S) groups is 1. The third-order valence-corrected chi connectivity index (χ3v) is 5.14. The fraction of sp³-hybridized carbons (Fsp3) is 0.188. The van der Waals surface area contributed by atoms with Gasteiger partial charge in [0, 0.05) is 11.9 Å². The highest BCUT2D eigenvalue weighted by molar-refractivity contribution is 8.26. The summed E-state index contributed by atoms with van der Waals surface area (Å²) in [5.74, 6) is 0.632. The van der Waals surface area contributed by atoms with E-state index < -0.39 is 0 Å². The van der Waals surface area contributed by atoms with Gasteiger partial charge >= 0.3 is 0 Å². The molecule has 118 valence electrons. The van der Waals surface area contributed by atoms with Crippen LogP contribution in [0.15, 0.2) is 29.2 Å². The van der Waals surface area contributed by atoms with Crippen LogP contribution in [-0.4, -0.2) is 33.8 Å². The number of thioether (sulfide) groups is 1. The molecular formula is C16H13ClN2O2S2. The molecule has 2 heterocycles. The number of amides is 1. The van der Waals surface area contributed by atoms with Gasteiger partial charge in [0.05, 0.1) is 28.2 Å². The quantitative estimate of drug-likeness (QED) is 0.605. The zero-order chi connectivity index (χ0) is 16.6. The summed E-state index contributed by atoms with van der Waals surface area (Å²) in [6.07, 6.45) is 1.73. The van der Waals surface area contributed by atoms with Crippen LogP contribution in [0.4, 0.5) is 0 Å². The van der Waals surface area contributed by atoms with Crippen molar-refractivity contribution in [3.63, 3.8) is 0 Å². The number of benzene rings is 1. The second-order valence-electron chi connectivity index (χ2n) is 4.84. The monoisotopic (exact) mass is 364 g/mol. The van der Waals surface area contributed by atoms with E-state index in [4.69, 9.17) is 28.6 Å². The fourth-order valence-corrected chi connectivity index (χ4v) is 3.92. The lowest BCUT2D eigenvalue weighted by Crippen LogP contribution is -2.27. The van der Waals surface area contributed by atoms with Crippen molar-refractivity contribution in [3.05, 3.63) is 39.9 Å². The molecule has 23 heavy (non-hydrogen) atoms. The van der Waals surface area contributed by atoms with Crippen LogP contribution in [0, 0.1) is 0 Å². The summed E-state index contributed by atoms with van der Waals surface area (Å²) in [6, 6.07) is 7.24. The van der Waals surface area contributed by atoms with Crippen molar-refractivity contribution in [2.24, 2.45) is 0 Å². The van der Waals surface area contributed by atoms with Crippen LogP contribution in [0.3, 0.4) is 0 Å². The van der Waals surface area contributed by atoms with Gasteiger partial charge in [-0.1, -0.05) is 35.6 Å². The van der Waals surface area contributed by atoms with Gasteiger partial charge in [-0.2, -0.15) is 0 Å². The minimum atomic E-state index is -0.0877. The highest BCUT2D eigenvalue weighted by atomic mass is 35.5. The zero-order valence-corrected chi connectivity index (χ0v) is 14.9. The summed E-state index contributed by atoms with van der Waals surface area (Å²) in [5.41, 5.74) is 1.37. The van der Waals surface area contributed by atoms with Crippen LogP contribution in [0.5, 0.6) is 5.75 Å². The molecule has 0 bridgehead atoms. The molecule has 3 rings (SSSR count). The summed E-state index contributed by atoms with van der Waals surface area (Å²) in [6.45, 7) is 2.46. The van der Waals surface area contributed by atoms with Gasteiger partial charge in [0.25, 0.3) is 5.91 Å². The topological polar surface area (TPSA) is 42.4 Å². The lowest BCUT2D eigenvalue weighted by Gasteiger charge is -2.09. The van der Waals surface area contributed by atoms with Crippen molar-refractivity contribution in [2.75, 3.05) is 13.7 Å². The van der Waals surface area contributed by atoms with E-state index >= 15 is 0 Å². The average molecular weight is 365 g/mol. The third kappa shape index (κ3) is 3.06. The van der Waals surface area contributed by atoms with Crippen LogP contribution >= 0.6 is 35.6 Å². The van der Waals surface area contributed by atoms with Crippen molar-refractivity contribution >= 4 is 62.8 Å². The maximum Gasteiger partial charge on any atom is 0.266 e. The standard InChI is InChI=1S/C16H13ClN2O2S2/c1-3-19-15(20)14(23-16(19)22)7-9-6-12(17)11-8-10(21-2)4-5-13(11)18-9/h4-8H,3H2,1-2H3/b14-7+. The second kappa shape index (κ2) is 6.47. The van der Waals surface area contributed by atoms with Crippen molar-refractivity contribution in [2.45, 2.75) is 6.92 Å². The molecule has 0 saturated carbocycles. The number of carbonyl (C=O) groups is 1. The number of ether oxygens (including phenoxy) is 1. The van der Waals surface area contributed by atoms with E-state index in [0.29, 0.717) is 26.5 Å². The van der Waals surface area contributed by atoms with Gasteiger partial charge in [0.2, 0.25) is 0 Å². The second-order valence-corrected chi connectivity index (χ2v) is 6.92. The Morgan fingerprint density at radius 2 is 2.22 bits per heavy atom. The van der Waals surface area contributed by atoms with Gasteiger partial charge < -0.3 is 4.74 Å². The summed E-state index contributed by atoms with van der Waals surface area (Å²) in [7, 11) is 1.60. The molecule has 1 fully saturated rings. The molecule has 0 radical (unpaired) electrons. The van der Waals surface area contributed by atoms with E-state index in [2.05, 4.69) is 4.98 Å². The van der Waals surface area contributed by atoms with E-state index in [9.17, 15) is 4.79 Å². The van der Waals surface area contributed by atoms with Gasteiger partial charge in [-0.15, -0.1) is 0 Å². The molecule has 4 nitrogen and oxygen atoms in total.